The Morgan fingerprint density at radius 1 is 1.22 bits per heavy atom. The van der Waals surface area contributed by atoms with Gasteiger partial charge < -0.3 is 4.52 Å². The second kappa shape index (κ2) is 4.71. The standard InChI is InChI=1S/C15H18FNO/c1-10-3-2-4-11(6-5-10)15-13-8-7-12(16)9-14(13)18-17-15/h7-11H,2-6H2,1H3. The lowest BCUT2D eigenvalue weighted by molar-refractivity contribution is 0.426. The van der Waals surface area contributed by atoms with Gasteiger partial charge in [0.25, 0.3) is 0 Å². The van der Waals surface area contributed by atoms with Crippen molar-refractivity contribution < 1.29 is 8.91 Å². The van der Waals surface area contributed by atoms with E-state index in [1.54, 1.807) is 6.07 Å². The highest BCUT2D eigenvalue weighted by Gasteiger charge is 2.22. The summed E-state index contributed by atoms with van der Waals surface area (Å²) in [4.78, 5) is 0. The second-order valence-electron chi connectivity index (χ2n) is 5.52. The van der Waals surface area contributed by atoms with Crippen LogP contribution in [0.25, 0.3) is 11.0 Å². The highest BCUT2D eigenvalue weighted by Crippen LogP contribution is 2.36. The van der Waals surface area contributed by atoms with Crippen molar-refractivity contribution in [3.63, 3.8) is 0 Å². The highest BCUT2D eigenvalue weighted by molar-refractivity contribution is 5.79. The number of rotatable bonds is 1. The average Bonchev–Trinajstić information content (AvgIpc) is 2.64. The molecule has 1 fully saturated rings. The first-order chi connectivity index (χ1) is 8.74. The third-order valence-corrected chi connectivity index (χ3v) is 4.11. The molecule has 2 aromatic rings. The van der Waals surface area contributed by atoms with Crippen molar-refractivity contribution in [3.8, 4) is 0 Å². The van der Waals surface area contributed by atoms with Gasteiger partial charge in [-0.3, -0.25) is 0 Å². The molecular formula is C15H18FNO. The van der Waals surface area contributed by atoms with Gasteiger partial charge in [0.1, 0.15) is 5.82 Å². The van der Waals surface area contributed by atoms with Crippen molar-refractivity contribution in [1.29, 1.82) is 0 Å². The molecule has 0 saturated heterocycles. The van der Waals surface area contributed by atoms with Crippen molar-refractivity contribution >= 4 is 11.0 Å². The summed E-state index contributed by atoms with van der Waals surface area (Å²) < 4.78 is 18.4. The van der Waals surface area contributed by atoms with E-state index in [1.165, 1.54) is 44.2 Å². The van der Waals surface area contributed by atoms with Gasteiger partial charge in [-0.2, -0.15) is 0 Å². The Balaban J connectivity index is 1.93. The maximum Gasteiger partial charge on any atom is 0.170 e. The summed E-state index contributed by atoms with van der Waals surface area (Å²) in [5.41, 5.74) is 1.60. The van der Waals surface area contributed by atoms with Crippen LogP contribution in [-0.4, -0.2) is 5.16 Å². The predicted octanol–water partition coefficient (Wildman–Crippen LogP) is 4.65. The average molecular weight is 247 g/mol. The topological polar surface area (TPSA) is 26.0 Å². The fourth-order valence-corrected chi connectivity index (χ4v) is 2.99. The molecule has 2 atom stereocenters. The Kier molecular flexibility index (Phi) is 3.06. The van der Waals surface area contributed by atoms with E-state index in [9.17, 15) is 4.39 Å². The van der Waals surface area contributed by atoms with Gasteiger partial charge in [-0.05, 0) is 30.9 Å². The Labute approximate surface area is 106 Å². The molecule has 0 bridgehead atoms. The lowest BCUT2D eigenvalue weighted by Gasteiger charge is -2.10. The monoisotopic (exact) mass is 247 g/mol. The molecule has 2 unspecified atom stereocenters. The van der Waals surface area contributed by atoms with Crippen molar-refractivity contribution in [2.24, 2.45) is 5.92 Å². The molecule has 1 aliphatic rings. The zero-order chi connectivity index (χ0) is 12.5. The van der Waals surface area contributed by atoms with Crippen molar-refractivity contribution in [1.82, 2.24) is 5.16 Å². The van der Waals surface area contributed by atoms with Gasteiger partial charge in [0.15, 0.2) is 5.58 Å². The summed E-state index contributed by atoms with van der Waals surface area (Å²) in [6, 6.07) is 4.71. The quantitative estimate of drug-likeness (QED) is 0.685. The minimum atomic E-state index is -0.264. The van der Waals surface area contributed by atoms with Crippen molar-refractivity contribution in [2.75, 3.05) is 0 Å². The molecule has 3 heteroatoms. The first kappa shape index (κ1) is 11.7. The van der Waals surface area contributed by atoms with E-state index < -0.39 is 0 Å². The zero-order valence-electron chi connectivity index (χ0n) is 10.7. The predicted molar refractivity (Wildman–Crippen MR) is 69.0 cm³/mol. The molecule has 1 heterocycles. The molecule has 1 saturated carbocycles. The number of aromatic nitrogens is 1. The maximum atomic E-state index is 13.1. The number of benzene rings is 1. The van der Waals surface area contributed by atoms with Crippen LogP contribution in [0.5, 0.6) is 0 Å². The van der Waals surface area contributed by atoms with E-state index in [-0.39, 0.29) is 5.82 Å². The van der Waals surface area contributed by atoms with Gasteiger partial charge in [0, 0.05) is 17.4 Å². The van der Waals surface area contributed by atoms with E-state index in [0.717, 1.165) is 17.0 Å². The van der Waals surface area contributed by atoms with E-state index >= 15 is 0 Å². The van der Waals surface area contributed by atoms with Crippen LogP contribution in [0.1, 0.15) is 50.6 Å². The van der Waals surface area contributed by atoms with Crippen LogP contribution in [0, 0.1) is 11.7 Å². The van der Waals surface area contributed by atoms with Gasteiger partial charge in [0.2, 0.25) is 0 Å². The van der Waals surface area contributed by atoms with Crippen LogP contribution in [0.15, 0.2) is 22.7 Å². The molecule has 0 N–H and O–H groups in total. The number of halogens is 1. The third-order valence-electron chi connectivity index (χ3n) is 4.11. The summed E-state index contributed by atoms with van der Waals surface area (Å²) in [5, 5.41) is 5.17. The fourth-order valence-electron chi connectivity index (χ4n) is 2.99. The molecule has 18 heavy (non-hydrogen) atoms. The summed E-state index contributed by atoms with van der Waals surface area (Å²) in [7, 11) is 0. The molecule has 1 aromatic carbocycles. The van der Waals surface area contributed by atoms with E-state index in [2.05, 4.69) is 12.1 Å². The SMILES string of the molecule is CC1CCCC(c2noc3cc(F)ccc23)CC1. The molecule has 2 nitrogen and oxygen atoms in total. The lowest BCUT2D eigenvalue weighted by atomic mass is 9.94. The molecule has 0 spiro atoms. The smallest absolute Gasteiger partial charge is 0.170 e. The number of fused-ring (bicyclic) bond motifs is 1. The summed E-state index contributed by atoms with van der Waals surface area (Å²) in [6.45, 7) is 2.32. The van der Waals surface area contributed by atoms with Gasteiger partial charge in [-0.1, -0.05) is 31.3 Å². The van der Waals surface area contributed by atoms with Crippen LogP contribution in [0.2, 0.25) is 0 Å². The number of nitrogens with zero attached hydrogens (tertiary/aromatic N) is 1. The molecule has 1 aromatic heterocycles. The summed E-state index contributed by atoms with van der Waals surface area (Å²) in [6.07, 6.45) is 6.14. The minimum absolute atomic E-state index is 0.264. The molecule has 0 aliphatic heterocycles. The third kappa shape index (κ3) is 2.14. The van der Waals surface area contributed by atoms with Crippen LogP contribution in [0.3, 0.4) is 0 Å². The largest absolute Gasteiger partial charge is 0.356 e. The van der Waals surface area contributed by atoms with Crippen LogP contribution in [0.4, 0.5) is 4.39 Å². The summed E-state index contributed by atoms with van der Waals surface area (Å²) in [5.74, 6) is 1.02. The van der Waals surface area contributed by atoms with Gasteiger partial charge in [-0.15, -0.1) is 0 Å². The van der Waals surface area contributed by atoms with Gasteiger partial charge in [-0.25, -0.2) is 4.39 Å². The lowest BCUT2D eigenvalue weighted by Crippen LogP contribution is -1.98. The molecule has 96 valence electrons. The van der Waals surface area contributed by atoms with Crippen molar-refractivity contribution in [3.05, 3.63) is 29.7 Å². The molecule has 0 radical (unpaired) electrons. The molecule has 3 rings (SSSR count). The minimum Gasteiger partial charge on any atom is -0.356 e. The zero-order valence-corrected chi connectivity index (χ0v) is 10.7. The number of hydrogen-bond donors (Lipinski definition) is 0. The molecule has 0 amide bonds. The first-order valence-electron chi connectivity index (χ1n) is 6.79. The molecule has 1 aliphatic carbocycles. The normalized spacial score (nSPS) is 25.2. The van der Waals surface area contributed by atoms with Crippen LogP contribution >= 0.6 is 0 Å². The van der Waals surface area contributed by atoms with E-state index in [4.69, 9.17) is 4.52 Å². The van der Waals surface area contributed by atoms with Gasteiger partial charge >= 0.3 is 0 Å². The van der Waals surface area contributed by atoms with Crippen LogP contribution in [-0.2, 0) is 0 Å². The Bertz CT molecular complexity index is 548. The van der Waals surface area contributed by atoms with Crippen molar-refractivity contribution in [2.45, 2.75) is 44.9 Å². The Morgan fingerprint density at radius 3 is 3.00 bits per heavy atom. The summed E-state index contributed by atoms with van der Waals surface area (Å²) >= 11 is 0. The Hall–Kier alpha value is -1.38. The first-order valence-corrected chi connectivity index (χ1v) is 6.79. The highest BCUT2D eigenvalue weighted by atomic mass is 19.1. The van der Waals surface area contributed by atoms with Gasteiger partial charge in [0.05, 0.1) is 5.69 Å². The maximum absolute atomic E-state index is 13.1. The Morgan fingerprint density at radius 2 is 2.11 bits per heavy atom. The van der Waals surface area contributed by atoms with E-state index in [0.29, 0.717) is 11.5 Å². The fraction of sp³-hybridized carbons (Fsp3) is 0.533. The second-order valence-corrected chi connectivity index (χ2v) is 5.52. The van der Waals surface area contributed by atoms with Crippen LogP contribution < -0.4 is 0 Å². The number of hydrogen-bond acceptors (Lipinski definition) is 2. The molecular weight excluding hydrogens is 229 g/mol. The van der Waals surface area contributed by atoms with E-state index in [1.807, 2.05) is 0 Å².